The molecule has 23 nitrogen and oxygen atoms in total. The van der Waals surface area contributed by atoms with Crippen LogP contribution in [0.5, 0.6) is 23.0 Å². The van der Waals surface area contributed by atoms with Gasteiger partial charge in [0, 0.05) is 19.3 Å². The average Bonchev–Trinajstić information content (AvgIpc) is 3.37. The molecular weight excluding hydrogens is 989 g/mol. The molecule has 0 radical (unpaired) electrons. The van der Waals surface area contributed by atoms with Gasteiger partial charge in [-0.05, 0) is 89.0 Å². The maximum atomic E-state index is 14.3. The lowest BCUT2D eigenvalue weighted by Crippen LogP contribution is -2.61. The van der Waals surface area contributed by atoms with Gasteiger partial charge in [-0.15, -0.1) is 0 Å². The Kier molecular flexibility index (Phi) is 22.6. The predicted octanol–water partition coefficient (Wildman–Crippen LogP) is 0.393. The summed E-state index contributed by atoms with van der Waals surface area (Å²) in [7, 11) is 0. The minimum Gasteiger partial charge on any atom is -0.508 e. The molecule has 0 aliphatic rings. The normalized spacial score (nSPS) is 14.2. The minimum atomic E-state index is -1.83. The van der Waals surface area contributed by atoms with Crippen molar-refractivity contribution in [3.63, 3.8) is 0 Å². The number of benzene rings is 4. The second-order valence-corrected chi connectivity index (χ2v) is 18.6. The van der Waals surface area contributed by atoms with Gasteiger partial charge in [-0.2, -0.15) is 0 Å². The van der Waals surface area contributed by atoms with Gasteiger partial charge in [0.15, 0.2) is 0 Å². The molecule has 0 bridgehead atoms. The molecule has 23 heteroatoms. The maximum absolute atomic E-state index is 14.3. The number of hydrogen-bond donors (Lipinski definition) is 14. The van der Waals surface area contributed by atoms with E-state index in [9.17, 15) is 73.8 Å². The largest absolute Gasteiger partial charge is 0.508 e. The number of phenolic OH excluding ortho intramolecular Hbond substituents is 4. The van der Waals surface area contributed by atoms with Crippen LogP contribution in [-0.4, -0.2) is 133 Å². The Morgan fingerprint density at radius 3 is 1.24 bits per heavy atom. The smallest absolute Gasteiger partial charge is 0.326 e. The van der Waals surface area contributed by atoms with Crippen LogP contribution in [0.15, 0.2) is 97.1 Å². The summed E-state index contributed by atoms with van der Waals surface area (Å²) in [6.45, 7) is 5.78. The number of aliphatic carboxylic acids is 2. The number of rotatable bonds is 28. The predicted molar refractivity (Wildman–Crippen MR) is 274 cm³/mol. The van der Waals surface area contributed by atoms with Crippen molar-refractivity contribution in [1.29, 1.82) is 0 Å². The fourth-order valence-electron chi connectivity index (χ4n) is 7.66. The van der Waals surface area contributed by atoms with Gasteiger partial charge in [-0.3, -0.25) is 38.4 Å². The van der Waals surface area contributed by atoms with E-state index in [-0.39, 0.29) is 48.7 Å². The summed E-state index contributed by atoms with van der Waals surface area (Å²) in [5.41, 5.74) is 8.20. The molecule has 408 valence electrons. The number of carboxylic acid groups (broad SMARTS) is 2. The maximum Gasteiger partial charge on any atom is 0.326 e. The SMILES string of the molecule is CC[C@H](C)[C@H](NC(=O)CNC(=O)[C@H](Cc1ccc(O)cc1)NC(=O)[C@@H](N)Cc1ccc(O)cc1)C(=O)N[C@@H](Cc1ccc(O)cc1)C(=O)N[C@H](C(=O)N[C@@H](CC(=O)O)C(=O)N[C@@H](Cc1ccc(O)cc1)C(=O)O)C(C)C. The molecule has 4 rings (SSSR count). The number of carbonyl (C=O) groups is 9. The minimum absolute atomic E-state index is 0.0175. The monoisotopic (exact) mass is 1050 g/mol. The number of phenols is 4. The fraction of sp³-hybridized carbons (Fsp3) is 0.377. The highest BCUT2D eigenvalue weighted by Gasteiger charge is 2.36. The second kappa shape index (κ2) is 28.6. The van der Waals surface area contributed by atoms with Crippen molar-refractivity contribution in [3.8, 4) is 23.0 Å². The van der Waals surface area contributed by atoms with E-state index >= 15 is 0 Å². The third-order valence-electron chi connectivity index (χ3n) is 12.2. The molecule has 76 heavy (non-hydrogen) atoms. The Morgan fingerprint density at radius 1 is 0.447 bits per heavy atom. The summed E-state index contributed by atoms with van der Waals surface area (Å²) < 4.78 is 0. The first-order chi connectivity index (χ1) is 35.9. The standard InChI is InChI=1S/C53H66N8O15/c1-5-29(4)46(60-43(66)27-55-48(70)39(23-31-8-16-35(63)17-9-31)56-47(69)38(54)22-30-6-14-34(62)15-7-30)52(74)57-40(24-32-10-18-36(64)19-11-32)50(72)61-45(28(2)3)51(73)58-41(26-44(67)68)49(71)59-42(53(75)76)25-33-12-20-37(65)21-13-33/h6-21,28-29,38-42,45-46,62-65H,5,22-27,54H2,1-4H3,(H,55,70)(H,56,69)(H,57,74)(H,58,73)(H,59,71)(H,60,66)(H,61,72)(H,67,68)(H,75,76)/t29-,38-,39-,40-,41-,42-,45-,46-/m0/s1. The first-order valence-corrected chi connectivity index (χ1v) is 24.3. The summed E-state index contributed by atoms with van der Waals surface area (Å²) in [6, 6.07) is 12.9. The van der Waals surface area contributed by atoms with E-state index in [1.165, 1.54) is 98.8 Å². The molecule has 0 saturated heterocycles. The van der Waals surface area contributed by atoms with Crippen LogP contribution in [0.3, 0.4) is 0 Å². The van der Waals surface area contributed by atoms with Crippen LogP contribution in [-0.2, 0) is 68.8 Å². The summed E-state index contributed by atoms with van der Waals surface area (Å²) in [5, 5.41) is 76.0. The zero-order chi connectivity index (χ0) is 56.2. The van der Waals surface area contributed by atoms with Crippen molar-refractivity contribution < 1.29 is 73.8 Å². The Labute approximate surface area is 438 Å². The van der Waals surface area contributed by atoms with Gasteiger partial charge in [0.1, 0.15) is 59.2 Å². The number of aromatic hydroxyl groups is 4. The molecule has 7 amide bonds. The highest BCUT2D eigenvalue weighted by Crippen LogP contribution is 2.17. The first-order valence-electron chi connectivity index (χ1n) is 24.3. The van der Waals surface area contributed by atoms with Gasteiger partial charge in [-0.25, -0.2) is 4.79 Å². The van der Waals surface area contributed by atoms with Gasteiger partial charge in [0.2, 0.25) is 41.4 Å². The number of hydrogen-bond acceptors (Lipinski definition) is 14. The molecule has 0 fully saturated rings. The van der Waals surface area contributed by atoms with Gasteiger partial charge in [0.05, 0.1) is 19.0 Å². The van der Waals surface area contributed by atoms with Crippen LogP contribution in [0.25, 0.3) is 0 Å². The molecule has 0 spiro atoms. The summed E-state index contributed by atoms with van der Waals surface area (Å²) in [6.07, 6.45) is -1.17. The fourth-order valence-corrected chi connectivity index (χ4v) is 7.66. The lowest BCUT2D eigenvalue weighted by atomic mass is 9.96. The average molecular weight is 1060 g/mol. The van der Waals surface area contributed by atoms with Crippen LogP contribution < -0.4 is 43.0 Å². The number of nitrogens with one attached hydrogen (secondary N) is 7. The lowest BCUT2D eigenvalue weighted by Gasteiger charge is -2.29. The van der Waals surface area contributed by atoms with Crippen molar-refractivity contribution in [2.45, 2.75) is 109 Å². The molecule has 8 atom stereocenters. The van der Waals surface area contributed by atoms with E-state index in [1.807, 2.05) is 0 Å². The summed E-state index contributed by atoms with van der Waals surface area (Å²) in [5.74, 6) is -10.8. The van der Waals surface area contributed by atoms with E-state index in [4.69, 9.17) is 5.73 Å². The van der Waals surface area contributed by atoms with Crippen molar-refractivity contribution in [2.24, 2.45) is 17.6 Å². The molecule has 0 heterocycles. The lowest BCUT2D eigenvalue weighted by molar-refractivity contribution is -0.143. The number of nitrogens with two attached hydrogens (primary N) is 1. The molecular formula is C53H66N8O15. The zero-order valence-corrected chi connectivity index (χ0v) is 42.3. The Bertz CT molecular complexity index is 2650. The van der Waals surface area contributed by atoms with E-state index in [0.29, 0.717) is 28.7 Å². The van der Waals surface area contributed by atoms with Gasteiger partial charge in [0.25, 0.3) is 0 Å². The van der Waals surface area contributed by atoms with Gasteiger partial charge in [-0.1, -0.05) is 82.6 Å². The first kappa shape index (κ1) is 59.8. The van der Waals surface area contributed by atoms with Gasteiger partial charge < -0.3 is 73.6 Å². The van der Waals surface area contributed by atoms with E-state index in [0.717, 1.165) is 0 Å². The van der Waals surface area contributed by atoms with E-state index < -0.39 is 120 Å². The topological polar surface area (TPSA) is 385 Å². The van der Waals surface area contributed by atoms with E-state index in [1.54, 1.807) is 26.0 Å². The van der Waals surface area contributed by atoms with Crippen LogP contribution in [0.2, 0.25) is 0 Å². The summed E-state index contributed by atoms with van der Waals surface area (Å²) >= 11 is 0. The molecule has 4 aromatic rings. The number of carboxylic acids is 2. The molecule has 4 aromatic carbocycles. The summed E-state index contributed by atoms with van der Waals surface area (Å²) in [4.78, 5) is 120. The van der Waals surface area contributed by atoms with Crippen molar-refractivity contribution in [2.75, 3.05) is 6.54 Å². The third-order valence-corrected chi connectivity index (χ3v) is 12.2. The molecule has 0 saturated carbocycles. The Balaban J connectivity index is 1.50. The molecule has 0 unspecified atom stereocenters. The number of amides is 7. The van der Waals surface area contributed by atoms with Crippen LogP contribution in [0.1, 0.15) is 62.8 Å². The highest BCUT2D eigenvalue weighted by molar-refractivity contribution is 5.98. The Morgan fingerprint density at radius 2 is 0.816 bits per heavy atom. The highest BCUT2D eigenvalue weighted by atomic mass is 16.4. The second-order valence-electron chi connectivity index (χ2n) is 18.6. The molecule has 15 N–H and O–H groups in total. The Hall–Kier alpha value is -8.73. The van der Waals surface area contributed by atoms with E-state index in [2.05, 4.69) is 37.2 Å². The molecule has 0 aromatic heterocycles. The van der Waals surface area contributed by atoms with Crippen LogP contribution in [0.4, 0.5) is 0 Å². The molecule has 0 aliphatic carbocycles. The van der Waals surface area contributed by atoms with Crippen molar-refractivity contribution in [3.05, 3.63) is 119 Å². The van der Waals surface area contributed by atoms with Crippen LogP contribution >= 0.6 is 0 Å². The van der Waals surface area contributed by atoms with Crippen molar-refractivity contribution in [1.82, 2.24) is 37.2 Å². The van der Waals surface area contributed by atoms with Gasteiger partial charge >= 0.3 is 11.9 Å². The molecule has 0 aliphatic heterocycles. The quantitative estimate of drug-likeness (QED) is 0.0366. The number of carbonyl (C=O) groups excluding carboxylic acids is 7. The van der Waals surface area contributed by atoms with Crippen molar-refractivity contribution >= 4 is 53.3 Å². The zero-order valence-electron chi connectivity index (χ0n) is 42.3. The van der Waals surface area contributed by atoms with Crippen LogP contribution in [0, 0.1) is 11.8 Å². The third kappa shape index (κ3) is 19.3.